The van der Waals surface area contributed by atoms with Gasteiger partial charge in [-0.05, 0) is 18.9 Å². The maximum Gasteiger partial charge on any atom is 0.220 e. The van der Waals surface area contributed by atoms with Crippen molar-refractivity contribution in [1.29, 1.82) is 0 Å². The lowest BCUT2D eigenvalue weighted by Gasteiger charge is -1.86. The lowest BCUT2D eigenvalue weighted by atomic mass is 10.3. The Hall–Kier alpha value is -0.570. The van der Waals surface area contributed by atoms with Gasteiger partial charge in [0, 0.05) is 5.92 Å². The zero-order chi connectivity index (χ0) is 6.15. The molecule has 0 spiro atoms. The van der Waals surface area contributed by atoms with E-state index in [0.717, 1.165) is 6.42 Å². The summed E-state index contributed by atoms with van der Waals surface area (Å²) in [4.78, 5) is 10.3. The van der Waals surface area contributed by atoms with Crippen LogP contribution in [0.4, 0.5) is 0 Å². The first-order valence-electron chi connectivity index (χ1n) is 2.75. The van der Waals surface area contributed by atoms with Gasteiger partial charge in [0.1, 0.15) is 0 Å². The van der Waals surface area contributed by atoms with Crippen molar-refractivity contribution in [2.45, 2.75) is 6.42 Å². The molecular weight excluding hydrogens is 104 g/mol. The fraction of sp³-hybridized carbons (Fsp3) is 0.800. The van der Waals surface area contributed by atoms with Crippen LogP contribution in [0.15, 0.2) is 0 Å². The molecule has 0 heterocycles. The minimum absolute atomic E-state index is 0.0972. The fourth-order valence-electron chi connectivity index (χ4n) is 0.857. The van der Waals surface area contributed by atoms with E-state index >= 15 is 0 Å². The van der Waals surface area contributed by atoms with Gasteiger partial charge in [0.25, 0.3) is 0 Å². The number of hydrogen-bond donors (Lipinski definition) is 2. The zero-order valence-electron chi connectivity index (χ0n) is 4.63. The minimum atomic E-state index is -0.194. The smallest absolute Gasteiger partial charge is 0.220 e. The topological polar surface area (TPSA) is 69.1 Å². The molecule has 0 aromatic heterocycles. The molecule has 1 saturated carbocycles. The average molecular weight is 114 g/mol. The molecule has 0 aromatic carbocycles. The fourth-order valence-corrected chi connectivity index (χ4v) is 0.857. The van der Waals surface area contributed by atoms with Crippen molar-refractivity contribution >= 4 is 5.91 Å². The molecule has 8 heavy (non-hydrogen) atoms. The lowest BCUT2D eigenvalue weighted by molar-refractivity contribution is -0.119. The predicted molar refractivity (Wildman–Crippen MR) is 29.8 cm³/mol. The molecule has 3 nitrogen and oxygen atoms in total. The van der Waals surface area contributed by atoms with Gasteiger partial charge in [0.05, 0.1) is 0 Å². The van der Waals surface area contributed by atoms with E-state index in [1.54, 1.807) is 0 Å². The highest BCUT2D eigenvalue weighted by Crippen LogP contribution is 2.36. The van der Waals surface area contributed by atoms with E-state index in [1.165, 1.54) is 0 Å². The standard InChI is InChI=1S/C5H10N2O/c6-2-3-1-4(3)5(7)8/h3-4H,1-2,6H2,(H2,7,8). The van der Waals surface area contributed by atoms with E-state index in [0.29, 0.717) is 12.5 Å². The molecule has 0 aromatic rings. The molecule has 1 aliphatic rings. The first-order valence-corrected chi connectivity index (χ1v) is 2.75. The van der Waals surface area contributed by atoms with E-state index in [1.807, 2.05) is 0 Å². The van der Waals surface area contributed by atoms with Crippen molar-refractivity contribution in [3.8, 4) is 0 Å². The quantitative estimate of drug-likeness (QED) is 0.486. The van der Waals surface area contributed by atoms with Gasteiger partial charge in [-0.2, -0.15) is 0 Å². The van der Waals surface area contributed by atoms with Crippen molar-refractivity contribution in [2.75, 3.05) is 6.54 Å². The molecule has 0 saturated heterocycles. The highest BCUT2D eigenvalue weighted by molar-refractivity contribution is 5.79. The van der Waals surface area contributed by atoms with E-state index in [9.17, 15) is 4.79 Å². The van der Waals surface area contributed by atoms with Gasteiger partial charge >= 0.3 is 0 Å². The van der Waals surface area contributed by atoms with Gasteiger partial charge in [-0.1, -0.05) is 0 Å². The third kappa shape index (κ3) is 0.816. The number of hydrogen-bond acceptors (Lipinski definition) is 2. The van der Waals surface area contributed by atoms with Crippen molar-refractivity contribution in [1.82, 2.24) is 0 Å². The van der Waals surface area contributed by atoms with Crippen molar-refractivity contribution in [3.63, 3.8) is 0 Å². The summed E-state index contributed by atoms with van der Waals surface area (Å²) in [5.41, 5.74) is 10.2. The van der Waals surface area contributed by atoms with Gasteiger partial charge in [0.2, 0.25) is 5.91 Å². The Kier molecular flexibility index (Phi) is 1.21. The summed E-state index contributed by atoms with van der Waals surface area (Å²) in [5.74, 6) is 0.299. The van der Waals surface area contributed by atoms with Gasteiger partial charge in [0.15, 0.2) is 0 Å². The molecule has 1 aliphatic carbocycles. The summed E-state index contributed by atoms with van der Waals surface area (Å²) < 4.78 is 0. The maximum absolute atomic E-state index is 10.3. The average Bonchev–Trinajstić information content (AvgIpc) is 2.42. The van der Waals surface area contributed by atoms with Crippen LogP contribution in [0.3, 0.4) is 0 Å². The molecule has 0 aliphatic heterocycles. The third-order valence-corrected chi connectivity index (χ3v) is 1.59. The van der Waals surface area contributed by atoms with E-state index in [2.05, 4.69) is 0 Å². The van der Waals surface area contributed by atoms with Gasteiger partial charge in [-0.15, -0.1) is 0 Å². The van der Waals surface area contributed by atoms with Crippen LogP contribution in [0.1, 0.15) is 6.42 Å². The van der Waals surface area contributed by atoms with E-state index in [-0.39, 0.29) is 11.8 Å². The monoisotopic (exact) mass is 114 g/mol. The van der Waals surface area contributed by atoms with Crippen LogP contribution in [0, 0.1) is 11.8 Å². The molecular formula is C5H10N2O. The molecule has 1 fully saturated rings. The second kappa shape index (κ2) is 1.74. The highest BCUT2D eigenvalue weighted by atomic mass is 16.1. The maximum atomic E-state index is 10.3. The Morgan fingerprint density at radius 1 is 1.75 bits per heavy atom. The van der Waals surface area contributed by atoms with Gasteiger partial charge < -0.3 is 11.5 Å². The van der Waals surface area contributed by atoms with Crippen LogP contribution in [-0.4, -0.2) is 12.5 Å². The molecule has 1 rings (SSSR count). The summed E-state index contributed by atoms with van der Waals surface area (Å²) >= 11 is 0. The number of amides is 1. The Morgan fingerprint density at radius 2 is 2.38 bits per heavy atom. The minimum Gasteiger partial charge on any atom is -0.369 e. The Balaban J connectivity index is 2.26. The Labute approximate surface area is 48.0 Å². The molecule has 46 valence electrons. The number of rotatable bonds is 2. The molecule has 0 radical (unpaired) electrons. The lowest BCUT2D eigenvalue weighted by Crippen LogP contribution is -2.16. The normalized spacial score (nSPS) is 34.6. The number of primary amides is 1. The van der Waals surface area contributed by atoms with Crippen LogP contribution in [0.5, 0.6) is 0 Å². The SMILES string of the molecule is NCC1CC1C(N)=O. The van der Waals surface area contributed by atoms with Crippen molar-refractivity contribution in [3.05, 3.63) is 0 Å². The van der Waals surface area contributed by atoms with Crippen LogP contribution in [-0.2, 0) is 4.79 Å². The van der Waals surface area contributed by atoms with Crippen LogP contribution >= 0.6 is 0 Å². The zero-order valence-corrected chi connectivity index (χ0v) is 4.63. The first kappa shape index (κ1) is 5.56. The number of nitrogens with two attached hydrogens (primary N) is 2. The number of carbonyl (C=O) groups is 1. The Bertz CT molecular complexity index is 113. The number of carbonyl (C=O) groups excluding carboxylic acids is 1. The van der Waals surface area contributed by atoms with Crippen LogP contribution < -0.4 is 11.5 Å². The summed E-state index contributed by atoms with van der Waals surface area (Å²) in [5, 5.41) is 0. The van der Waals surface area contributed by atoms with Crippen molar-refractivity contribution in [2.24, 2.45) is 23.3 Å². The largest absolute Gasteiger partial charge is 0.369 e. The molecule has 0 bridgehead atoms. The summed E-state index contributed by atoms with van der Waals surface area (Å²) in [6.07, 6.45) is 0.909. The molecule has 1 amide bonds. The predicted octanol–water partition coefficient (Wildman–Crippen LogP) is -0.933. The first-order chi connectivity index (χ1) is 3.75. The van der Waals surface area contributed by atoms with Gasteiger partial charge in [-0.3, -0.25) is 4.79 Å². The third-order valence-electron chi connectivity index (χ3n) is 1.59. The summed E-state index contributed by atoms with van der Waals surface area (Å²) in [7, 11) is 0. The second-order valence-electron chi connectivity index (χ2n) is 2.24. The Morgan fingerprint density at radius 3 is 2.50 bits per heavy atom. The van der Waals surface area contributed by atoms with Gasteiger partial charge in [-0.25, -0.2) is 0 Å². The molecule has 4 N–H and O–H groups in total. The van der Waals surface area contributed by atoms with E-state index < -0.39 is 0 Å². The summed E-state index contributed by atoms with van der Waals surface area (Å²) in [6, 6.07) is 0. The summed E-state index contributed by atoms with van der Waals surface area (Å²) in [6.45, 7) is 0.605. The van der Waals surface area contributed by atoms with Crippen molar-refractivity contribution < 1.29 is 4.79 Å². The highest BCUT2D eigenvalue weighted by Gasteiger charge is 2.40. The molecule has 2 atom stereocenters. The van der Waals surface area contributed by atoms with Crippen LogP contribution in [0.25, 0.3) is 0 Å². The second-order valence-corrected chi connectivity index (χ2v) is 2.24. The van der Waals surface area contributed by atoms with Crippen LogP contribution in [0.2, 0.25) is 0 Å². The van der Waals surface area contributed by atoms with E-state index in [4.69, 9.17) is 11.5 Å². The molecule has 3 heteroatoms. The molecule has 2 unspecified atom stereocenters.